The lowest BCUT2D eigenvalue weighted by Crippen LogP contribution is -2.21. The van der Waals surface area contributed by atoms with Crippen molar-refractivity contribution in [2.45, 2.75) is 0 Å². The number of anilines is 1. The molecule has 1 aromatic heterocycles. The molecule has 0 spiro atoms. The summed E-state index contributed by atoms with van der Waals surface area (Å²) in [4.78, 5) is 30.0. The number of thiazole rings is 1. The van der Waals surface area contributed by atoms with Crippen molar-refractivity contribution in [3.63, 3.8) is 0 Å². The van der Waals surface area contributed by atoms with Crippen molar-refractivity contribution in [3.8, 4) is 10.6 Å². The minimum atomic E-state index is -0.346. The topological polar surface area (TPSA) is 62.3 Å². The fraction of sp³-hybridized carbons (Fsp3) is 0.105. The van der Waals surface area contributed by atoms with E-state index < -0.39 is 0 Å². The van der Waals surface area contributed by atoms with E-state index in [0.717, 1.165) is 5.56 Å². The summed E-state index contributed by atoms with van der Waals surface area (Å²) < 4.78 is 13.0. The second-order valence-electron chi connectivity index (χ2n) is 5.78. The van der Waals surface area contributed by atoms with Crippen LogP contribution in [0.1, 0.15) is 20.8 Å². The lowest BCUT2D eigenvalue weighted by Gasteiger charge is -2.10. The van der Waals surface area contributed by atoms with Gasteiger partial charge in [-0.05, 0) is 48.5 Å². The molecule has 3 aromatic rings. The van der Waals surface area contributed by atoms with Crippen molar-refractivity contribution in [1.29, 1.82) is 0 Å². The Morgan fingerprint density at radius 2 is 1.69 bits per heavy atom. The molecular weight excluding hydrogens is 353 g/mol. The van der Waals surface area contributed by atoms with E-state index in [0.29, 0.717) is 16.3 Å². The predicted octanol–water partition coefficient (Wildman–Crippen LogP) is 3.90. The SMILES string of the molecule is CN(C)C(=O)c1ccc(NC(=O)c2csc(-c3ccc(F)cc3)n2)cc1. The van der Waals surface area contributed by atoms with Gasteiger partial charge in [0.05, 0.1) is 0 Å². The third-order valence-corrected chi connectivity index (χ3v) is 4.52. The summed E-state index contributed by atoms with van der Waals surface area (Å²) >= 11 is 1.31. The van der Waals surface area contributed by atoms with Gasteiger partial charge in [-0.1, -0.05) is 0 Å². The molecule has 2 aromatic carbocycles. The standard InChI is InChI=1S/C19H16FN3O2S/c1-23(2)19(25)13-5-9-15(10-6-13)21-17(24)16-11-26-18(22-16)12-3-7-14(20)8-4-12/h3-11H,1-2H3,(H,21,24). The maximum atomic E-state index is 13.0. The number of benzene rings is 2. The van der Waals surface area contributed by atoms with Crippen LogP contribution in [0.15, 0.2) is 53.9 Å². The molecule has 0 aliphatic heterocycles. The van der Waals surface area contributed by atoms with Gasteiger partial charge in [0.2, 0.25) is 0 Å². The lowest BCUT2D eigenvalue weighted by atomic mass is 10.2. The van der Waals surface area contributed by atoms with Crippen LogP contribution in [0.25, 0.3) is 10.6 Å². The highest BCUT2D eigenvalue weighted by atomic mass is 32.1. The normalized spacial score (nSPS) is 10.4. The molecule has 0 unspecified atom stereocenters. The zero-order valence-electron chi connectivity index (χ0n) is 14.2. The minimum absolute atomic E-state index is 0.105. The molecule has 3 rings (SSSR count). The zero-order chi connectivity index (χ0) is 18.7. The predicted molar refractivity (Wildman–Crippen MR) is 99.9 cm³/mol. The number of nitrogens with one attached hydrogen (secondary N) is 1. The Morgan fingerprint density at radius 1 is 1.04 bits per heavy atom. The van der Waals surface area contributed by atoms with Gasteiger partial charge in [-0.15, -0.1) is 11.3 Å². The first-order valence-electron chi connectivity index (χ1n) is 7.78. The van der Waals surface area contributed by atoms with Gasteiger partial charge >= 0.3 is 0 Å². The highest BCUT2D eigenvalue weighted by Gasteiger charge is 2.13. The maximum Gasteiger partial charge on any atom is 0.275 e. The van der Waals surface area contributed by atoms with Crippen LogP contribution >= 0.6 is 11.3 Å². The van der Waals surface area contributed by atoms with Crippen LogP contribution in [0.4, 0.5) is 10.1 Å². The van der Waals surface area contributed by atoms with E-state index in [1.165, 1.54) is 28.4 Å². The summed E-state index contributed by atoms with van der Waals surface area (Å²) in [5.41, 5.74) is 2.15. The van der Waals surface area contributed by atoms with Crippen LogP contribution in [0.3, 0.4) is 0 Å². The Hall–Kier alpha value is -3.06. The first kappa shape index (κ1) is 17.8. The molecule has 0 bridgehead atoms. The van der Waals surface area contributed by atoms with Crippen molar-refractivity contribution in [3.05, 3.63) is 71.0 Å². The van der Waals surface area contributed by atoms with Gasteiger partial charge < -0.3 is 10.2 Å². The fourth-order valence-corrected chi connectivity index (χ4v) is 3.06. The molecule has 132 valence electrons. The molecule has 0 aliphatic rings. The maximum absolute atomic E-state index is 13.0. The summed E-state index contributed by atoms with van der Waals surface area (Å²) in [6.45, 7) is 0. The van der Waals surface area contributed by atoms with Crippen molar-refractivity contribution >= 4 is 28.8 Å². The Kier molecular flexibility index (Phi) is 5.09. The molecule has 2 amide bonds. The number of nitrogens with zero attached hydrogens (tertiary/aromatic N) is 2. The number of amides is 2. The summed E-state index contributed by atoms with van der Waals surface area (Å²) in [5.74, 6) is -0.771. The number of hydrogen-bond donors (Lipinski definition) is 1. The van der Waals surface area contributed by atoms with Crippen LogP contribution < -0.4 is 5.32 Å². The summed E-state index contributed by atoms with van der Waals surface area (Å²) in [5, 5.41) is 5.04. The molecule has 0 saturated carbocycles. The van der Waals surface area contributed by atoms with E-state index >= 15 is 0 Å². The Morgan fingerprint density at radius 3 is 2.31 bits per heavy atom. The molecule has 0 saturated heterocycles. The van der Waals surface area contributed by atoms with Gasteiger partial charge in [-0.25, -0.2) is 9.37 Å². The van der Waals surface area contributed by atoms with Gasteiger partial charge in [0.25, 0.3) is 11.8 Å². The number of hydrogen-bond acceptors (Lipinski definition) is 4. The number of halogens is 1. The van der Waals surface area contributed by atoms with Crippen molar-refractivity contribution in [2.75, 3.05) is 19.4 Å². The Balaban J connectivity index is 1.70. The van der Waals surface area contributed by atoms with Crippen LogP contribution in [0, 0.1) is 5.82 Å². The van der Waals surface area contributed by atoms with Crippen LogP contribution in [-0.2, 0) is 0 Å². The van der Waals surface area contributed by atoms with Gasteiger partial charge in [0.1, 0.15) is 16.5 Å². The third kappa shape index (κ3) is 3.94. The number of carbonyl (C=O) groups is 2. The van der Waals surface area contributed by atoms with Crippen molar-refractivity contribution in [1.82, 2.24) is 9.88 Å². The number of rotatable bonds is 4. The quantitative estimate of drug-likeness (QED) is 0.759. The first-order chi connectivity index (χ1) is 12.4. The summed E-state index contributed by atoms with van der Waals surface area (Å²) in [6.07, 6.45) is 0. The highest BCUT2D eigenvalue weighted by Crippen LogP contribution is 2.24. The molecule has 0 aliphatic carbocycles. The Bertz CT molecular complexity index is 934. The van der Waals surface area contributed by atoms with Crippen LogP contribution in [-0.4, -0.2) is 35.8 Å². The largest absolute Gasteiger partial charge is 0.345 e. The van der Waals surface area contributed by atoms with Gasteiger partial charge in [-0.2, -0.15) is 0 Å². The summed E-state index contributed by atoms with van der Waals surface area (Å²) in [6, 6.07) is 12.6. The van der Waals surface area contributed by atoms with Gasteiger partial charge in [0, 0.05) is 36.3 Å². The van der Waals surface area contributed by atoms with E-state index in [1.54, 1.807) is 55.9 Å². The molecule has 1 heterocycles. The van der Waals surface area contributed by atoms with E-state index in [1.807, 2.05) is 0 Å². The fourth-order valence-electron chi connectivity index (χ4n) is 2.25. The van der Waals surface area contributed by atoms with Crippen molar-refractivity contribution < 1.29 is 14.0 Å². The molecule has 1 N–H and O–H groups in total. The van der Waals surface area contributed by atoms with Crippen molar-refractivity contribution in [2.24, 2.45) is 0 Å². The molecular formula is C19H16FN3O2S. The van der Waals surface area contributed by atoms with Crippen LogP contribution in [0.5, 0.6) is 0 Å². The smallest absolute Gasteiger partial charge is 0.275 e. The highest BCUT2D eigenvalue weighted by molar-refractivity contribution is 7.13. The minimum Gasteiger partial charge on any atom is -0.345 e. The van der Waals surface area contributed by atoms with Crippen LogP contribution in [0.2, 0.25) is 0 Å². The molecule has 0 atom stereocenters. The van der Waals surface area contributed by atoms with Gasteiger partial charge in [0.15, 0.2) is 0 Å². The monoisotopic (exact) mass is 369 g/mol. The summed E-state index contributed by atoms with van der Waals surface area (Å²) in [7, 11) is 3.36. The average molecular weight is 369 g/mol. The average Bonchev–Trinajstić information content (AvgIpc) is 3.12. The second-order valence-corrected chi connectivity index (χ2v) is 6.63. The first-order valence-corrected chi connectivity index (χ1v) is 8.66. The number of aromatic nitrogens is 1. The molecule has 7 heteroatoms. The van der Waals surface area contributed by atoms with E-state index in [-0.39, 0.29) is 23.3 Å². The number of carbonyl (C=O) groups excluding carboxylic acids is 2. The Labute approximate surface area is 154 Å². The molecule has 26 heavy (non-hydrogen) atoms. The van der Waals surface area contributed by atoms with Gasteiger partial charge in [-0.3, -0.25) is 9.59 Å². The van der Waals surface area contributed by atoms with E-state index in [4.69, 9.17) is 0 Å². The zero-order valence-corrected chi connectivity index (χ0v) is 15.0. The second kappa shape index (κ2) is 7.45. The lowest BCUT2D eigenvalue weighted by molar-refractivity contribution is 0.0827. The van der Waals surface area contributed by atoms with E-state index in [2.05, 4.69) is 10.3 Å². The van der Waals surface area contributed by atoms with E-state index in [9.17, 15) is 14.0 Å². The molecule has 0 radical (unpaired) electrons. The molecule has 5 nitrogen and oxygen atoms in total. The third-order valence-electron chi connectivity index (χ3n) is 3.62. The molecule has 0 fully saturated rings.